The minimum Gasteiger partial charge on any atom is -0.457 e. The standard InChI is InChI=1S/C26H23N5O3S/c32-24(29-16-6-5-12-27-15-16)23-22-21-20(11-13-28-25(21)35-23)31(26(33)30-22)17-7-4-10-19(14-17)34-18-8-2-1-3-9-18/h1-4,7-11,13-14,16,27H,5-6,12,15H2,(H,29,32)(H,30,33)/t16-/m1/s1. The smallest absolute Gasteiger partial charge is 0.331 e. The predicted octanol–water partition coefficient (Wildman–Crippen LogP) is 5.25. The summed E-state index contributed by atoms with van der Waals surface area (Å²) in [6.45, 7) is 1.72. The maximum Gasteiger partial charge on any atom is 0.331 e. The lowest BCUT2D eigenvalue weighted by atomic mass is 10.1. The highest BCUT2D eigenvalue weighted by molar-refractivity contribution is 7.21. The Kier molecular flexibility index (Phi) is 5.55. The average Bonchev–Trinajstić information content (AvgIpc) is 3.25. The molecule has 2 aliphatic rings. The Balaban J connectivity index is 1.35. The minimum atomic E-state index is -0.339. The van der Waals surface area contributed by atoms with Crippen LogP contribution in [0.25, 0.3) is 10.2 Å². The van der Waals surface area contributed by atoms with Crippen molar-refractivity contribution in [2.45, 2.75) is 18.9 Å². The zero-order chi connectivity index (χ0) is 23.8. The number of hydrogen-bond donors (Lipinski definition) is 3. The molecule has 2 aliphatic heterocycles. The van der Waals surface area contributed by atoms with Crippen LogP contribution < -0.4 is 25.6 Å². The van der Waals surface area contributed by atoms with Crippen LogP contribution in [0, 0.1) is 0 Å². The Bertz CT molecular complexity index is 1420. The zero-order valence-corrected chi connectivity index (χ0v) is 19.6. The van der Waals surface area contributed by atoms with E-state index in [1.165, 1.54) is 11.3 Å². The van der Waals surface area contributed by atoms with E-state index in [-0.39, 0.29) is 18.0 Å². The first kappa shape index (κ1) is 21.6. The monoisotopic (exact) mass is 485 g/mol. The number of amides is 3. The quantitative estimate of drug-likeness (QED) is 0.359. The minimum absolute atomic E-state index is 0.0734. The van der Waals surface area contributed by atoms with Crippen LogP contribution in [-0.4, -0.2) is 36.1 Å². The van der Waals surface area contributed by atoms with Gasteiger partial charge in [0.05, 0.1) is 22.4 Å². The highest BCUT2D eigenvalue weighted by atomic mass is 32.1. The normalized spacial score (nSPS) is 17.2. The van der Waals surface area contributed by atoms with Crippen LogP contribution in [0.2, 0.25) is 0 Å². The van der Waals surface area contributed by atoms with E-state index in [4.69, 9.17) is 4.74 Å². The summed E-state index contributed by atoms with van der Waals surface area (Å²) in [5.74, 6) is 1.14. The van der Waals surface area contributed by atoms with Gasteiger partial charge in [0.25, 0.3) is 5.91 Å². The number of para-hydroxylation sites is 1. The molecular formula is C26H23N5O3S. The first-order valence-corrected chi connectivity index (χ1v) is 12.4. The first-order chi connectivity index (χ1) is 17.2. The van der Waals surface area contributed by atoms with Crippen molar-refractivity contribution >= 4 is 50.6 Å². The van der Waals surface area contributed by atoms with Crippen molar-refractivity contribution in [2.24, 2.45) is 0 Å². The van der Waals surface area contributed by atoms with Gasteiger partial charge in [-0.3, -0.25) is 9.69 Å². The number of rotatable bonds is 5. The Morgan fingerprint density at radius 1 is 1.11 bits per heavy atom. The lowest BCUT2D eigenvalue weighted by molar-refractivity contribution is 0.0935. The summed E-state index contributed by atoms with van der Waals surface area (Å²) >= 11 is 1.29. The van der Waals surface area contributed by atoms with Crippen molar-refractivity contribution in [2.75, 3.05) is 23.3 Å². The lowest BCUT2D eigenvalue weighted by Crippen LogP contribution is -2.45. The van der Waals surface area contributed by atoms with Crippen LogP contribution in [0.5, 0.6) is 11.5 Å². The second-order valence-electron chi connectivity index (χ2n) is 8.51. The maximum atomic E-state index is 13.3. The van der Waals surface area contributed by atoms with Crippen LogP contribution in [0.1, 0.15) is 22.5 Å². The molecule has 0 radical (unpaired) electrons. The van der Waals surface area contributed by atoms with E-state index >= 15 is 0 Å². The number of hydrogen-bond acceptors (Lipinski definition) is 6. The molecule has 2 aromatic heterocycles. The molecule has 176 valence electrons. The van der Waals surface area contributed by atoms with Crippen LogP contribution in [0.4, 0.5) is 21.9 Å². The molecule has 9 heteroatoms. The van der Waals surface area contributed by atoms with Gasteiger partial charge in [0.2, 0.25) is 0 Å². The SMILES string of the molecule is O=C(N[C@@H]1CCCNC1)c1sc2nccc3c2c1NC(=O)N3c1cccc(Oc2ccccc2)c1. The third-order valence-corrected chi connectivity index (χ3v) is 7.24. The number of thiophene rings is 1. The fourth-order valence-electron chi connectivity index (χ4n) is 4.54. The summed E-state index contributed by atoms with van der Waals surface area (Å²) in [5.41, 5.74) is 1.85. The Hall–Kier alpha value is -3.95. The van der Waals surface area contributed by atoms with E-state index in [0.29, 0.717) is 38.3 Å². The van der Waals surface area contributed by atoms with Gasteiger partial charge in [0, 0.05) is 24.8 Å². The summed E-state index contributed by atoms with van der Waals surface area (Å²) in [6, 6.07) is 18.4. The largest absolute Gasteiger partial charge is 0.457 e. The van der Waals surface area contributed by atoms with Crippen LogP contribution >= 0.6 is 11.3 Å². The maximum absolute atomic E-state index is 13.3. The molecule has 1 atom stereocenters. The molecule has 0 unspecified atom stereocenters. The first-order valence-electron chi connectivity index (χ1n) is 11.5. The number of aromatic nitrogens is 1. The van der Waals surface area contributed by atoms with Crippen molar-refractivity contribution in [1.82, 2.24) is 15.6 Å². The van der Waals surface area contributed by atoms with E-state index in [1.807, 2.05) is 54.6 Å². The number of benzene rings is 2. The van der Waals surface area contributed by atoms with Crippen LogP contribution in [0.15, 0.2) is 66.9 Å². The summed E-state index contributed by atoms with van der Waals surface area (Å²) in [6.07, 6.45) is 3.62. The van der Waals surface area contributed by atoms with E-state index in [1.54, 1.807) is 17.2 Å². The van der Waals surface area contributed by atoms with Crippen LogP contribution in [-0.2, 0) is 0 Å². The molecule has 3 N–H and O–H groups in total. The van der Waals surface area contributed by atoms with Crippen molar-refractivity contribution < 1.29 is 14.3 Å². The molecule has 0 aliphatic carbocycles. The van der Waals surface area contributed by atoms with E-state index in [2.05, 4.69) is 20.9 Å². The van der Waals surface area contributed by atoms with Crippen molar-refractivity contribution in [3.8, 4) is 11.5 Å². The number of ether oxygens (including phenoxy) is 1. The fourth-order valence-corrected chi connectivity index (χ4v) is 5.56. The molecule has 3 amide bonds. The van der Waals surface area contributed by atoms with Gasteiger partial charge >= 0.3 is 6.03 Å². The van der Waals surface area contributed by atoms with Gasteiger partial charge in [0.1, 0.15) is 21.2 Å². The lowest BCUT2D eigenvalue weighted by Gasteiger charge is -2.29. The Labute approximate surface area is 205 Å². The number of pyridine rings is 1. The average molecular weight is 486 g/mol. The van der Waals surface area contributed by atoms with Gasteiger partial charge in [-0.15, -0.1) is 11.3 Å². The number of carbonyl (C=O) groups is 2. The second-order valence-corrected chi connectivity index (χ2v) is 9.51. The van der Waals surface area contributed by atoms with Crippen molar-refractivity contribution in [1.29, 1.82) is 0 Å². The number of nitrogens with one attached hydrogen (secondary N) is 3. The third-order valence-electron chi connectivity index (χ3n) is 6.14. The highest BCUT2D eigenvalue weighted by Gasteiger charge is 2.33. The highest BCUT2D eigenvalue weighted by Crippen LogP contribution is 2.46. The van der Waals surface area contributed by atoms with Gasteiger partial charge in [-0.05, 0) is 49.7 Å². The molecular weight excluding hydrogens is 462 g/mol. The predicted molar refractivity (Wildman–Crippen MR) is 137 cm³/mol. The molecule has 0 spiro atoms. The van der Waals surface area contributed by atoms with Crippen molar-refractivity contribution in [3.63, 3.8) is 0 Å². The number of urea groups is 1. The molecule has 4 heterocycles. The Morgan fingerprint density at radius 3 is 2.80 bits per heavy atom. The van der Waals surface area contributed by atoms with Gasteiger partial charge < -0.3 is 20.7 Å². The molecule has 8 nitrogen and oxygen atoms in total. The molecule has 1 fully saturated rings. The number of carbonyl (C=O) groups excluding carboxylic acids is 2. The van der Waals surface area contributed by atoms with Gasteiger partial charge in [0.15, 0.2) is 0 Å². The van der Waals surface area contributed by atoms with E-state index in [9.17, 15) is 9.59 Å². The molecule has 4 aromatic rings. The van der Waals surface area contributed by atoms with Gasteiger partial charge in [-0.1, -0.05) is 24.3 Å². The summed E-state index contributed by atoms with van der Waals surface area (Å²) in [7, 11) is 0. The zero-order valence-electron chi connectivity index (χ0n) is 18.8. The molecule has 0 bridgehead atoms. The molecule has 35 heavy (non-hydrogen) atoms. The number of piperidine rings is 1. The topological polar surface area (TPSA) is 95.6 Å². The Morgan fingerprint density at radius 2 is 1.97 bits per heavy atom. The molecule has 1 saturated heterocycles. The number of nitrogens with zero attached hydrogens (tertiary/aromatic N) is 2. The molecule has 2 aromatic carbocycles. The van der Waals surface area contributed by atoms with E-state index < -0.39 is 0 Å². The summed E-state index contributed by atoms with van der Waals surface area (Å²) < 4.78 is 5.97. The molecule has 0 saturated carbocycles. The summed E-state index contributed by atoms with van der Waals surface area (Å²) in [5, 5.41) is 10.1. The van der Waals surface area contributed by atoms with Crippen LogP contribution in [0.3, 0.4) is 0 Å². The van der Waals surface area contributed by atoms with E-state index in [0.717, 1.165) is 31.3 Å². The summed E-state index contributed by atoms with van der Waals surface area (Å²) in [4.78, 5) is 33.7. The molecule has 6 rings (SSSR count). The third kappa shape index (κ3) is 4.09. The number of anilines is 3. The van der Waals surface area contributed by atoms with Gasteiger partial charge in [-0.2, -0.15) is 0 Å². The van der Waals surface area contributed by atoms with Crippen molar-refractivity contribution in [3.05, 3.63) is 71.7 Å². The fraction of sp³-hybridized carbons (Fsp3) is 0.192. The van der Waals surface area contributed by atoms with Gasteiger partial charge in [-0.25, -0.2) is 9.78 Å². The second kappa shape index (κ2) is 9.01.